The maximum absolute atomic E-state index is 4.89. The smallest absolute Gasteiger partial charge is 0.165 e. The molecule has 0 fully saturated rings. The third-order valence-electron chi connectivity index (χ3n) is 4.18. The minimum atomic E-state index is 0.899. The van der Waals surface area contributed by atoms with Gasteiger partial charge in [-0.15, -0.1) is 0 Å². The first kappa shape index (κ1) is 12.4. The van der Waals surface area contributed by atoms with Crippen molar-refractivity contribution >= 4 is 33.1 Å². The molecular formula is C20H13N3. The summed E-state index contributed by atoms with van der Waals surface area (Å²) in [5.41, 5.74) is 5.92. The summed E-state index contributed by atoms with van der Waals surface area (Å²) in [4.78, 5) is 9.76. The minimum Gasteiger partial charge on any atom is -0.293 e. The van der Waals surface area contributed by atoms with Gasteiger partial charge in [-0.1, -0.05) is 48.5 Å². The lowest BCUT2D eigenvalue weighted by Gasteiger charge is -2.06. The number of nitrogens with zero attached hydrogens (tertiary/aromatic N) is 3. The van der Waals surface area contributed by atoms with Gasteiger partial charge in [-0.3, -0.25) is 4.57 Å². The largest absolute Gasteiger partial charge is 0.293 e. The van der Waals surface area contributed by atoms with Gasteiger partial charge in [0, 0.05) is 11.1 Å². The van der Waals surface area contributed by atoms with E-state index in [9.17, 15) is 0 Å². The van der Waals surface area contributed by atoms with E-state index < -0.39 is 0 Å². The zero-order chi connectivity index (χ0) is 15.2. The second kappa shape index (κ2) is 4.65. The van der Waals surface area contributed by atoms with E-state index in [0.717, 1.165) is 38.8 Å². The Morgan fingerprint density at radius 1 is 0.609 bits per heavy atom. The van der Waals surface area contributed by atoms with Gasteiger partial charge in [0.2, 0.25) is 0 Å². The molecule has 0 amide bonds. The summed E-state index contributed by atoms with van der Waals surface area (Å²) < 4.78 is 2.18. The monoisotopic (exact) mass is 295 g/mol. The van der Waals surface area contributed by atoms with E-state index in [-0.39, 0.29) is 0 Å². The van der Waals surface area contributed by atoms with Crippen molar-refractivity contribution in [1.29, 1.82) is 0 Å². The lowest BCUT2D eigenvalue weighted by molar-refractivity contribution is 1.14. The van der Waals surface area contributed by atoms with Crippen molar-refractivity contribution in [2.24, 2.45) is 0 Å². The third kappa shape index (κ3) is 1.77. The summed E-state index contributed by atoms with van der Waals surface area (Å²) in [5.74, 6) is 0. The van der Waals surface area contributed by atoms with Gasteiger partial charge in [0.1, 0.15) is 5.52 Å². The normalized spacial score (nSPS) is 11.5. The van der Waals surface area contributed by atoms with Gasteiger partial charge in [-0.2, -0.15) is 0 Å². The molecule has 0 aliphatic rings. The number of fused-ring (bicyclic) bond motifs is 4. The molecule has 0 saturated carbocycles. The molecule has 3 aromatic carbocycles. The van der Waals surface area contributed by atoms with E-state index in [2.05, 4.69) is 34.9 Å². The Hall–Kier alpha value is -3.20. The van der Waals surface area contributed by atoms with E-state index >= 15 is 0 Å². The number of hydrogen-bond donors (Lipinski definition) is 0. The fourth-order valence-corrected chi connectivity index (χ4v) is 3.15. The highest BCUT2D eigenvalue weighted by Gasteiger charge is 2.14. The molecule has 0 saturated heterocycles. The number of hydrogen-bond acceptors (Lipinski definition) is 2. The Kier molecular flexibility index (Phi) is 2.50. The van der Waals surface area contributed by atoms with Crippen LogP contribution in [0.1, 0.15) is 0 Å². The highest BCUT2D eigenvalue weighted by molar-refractivity contribution is 6.07. The molecule has 0 aliphatic carbocycles. The fourth-order valence-electron chi connectivity index (χ4n) is 3.15. The van der Waals surface area contributed by atoms with Crippen LogP contribution in [0.3, 0.4) is 0 Å². The molecule has 108 valence electrons. The maximum atomic E-state index is 4.89. The van der Waals surface area contributed by atoms with Crippen LogP contribution >= 0.6 is 0 Å². The summed E-state index contributed by atoms with van der Waals surface area (Å²) in [5, 5.41) is 1.13. The summed E-state index contributed by atoms with van der Waals surface area (Å²) in [6.07, 6.45) is 0. The van der Waals surface area contributed by atoms with E-state index in [1.165, 1.54) is 0 Å². The van der Waals surface area contributed by atoms with E-state index in [0.29, 0.717) is 0 Å². The van der Waals surface area contributed by atoms with Gasteiger partial charge in [0.05, 0.1) is 16.6 Å². The van der Waals surface area contributed by atoms with Crippen molar-refractivity contribution in [3.8, 4) is 5.69 Å². The third-order valence-corrected chi connectivity index (χ3v) is 4.18. The Labute approximate surface area is 132 Å². The summed E-state index contributed by atoms with van der Waals surface area (Å²) >= 11 is 0. The molecule has 2 heterocycles. The van der Waals surface area contributed by atoms with E-state index in [4.69, 9.17) is 9.97 Å². The number of aromatic nitrogens is 3. The zero-order valence-electron chi connectivity index (χ0n) is 12.3. The first-order valence-electron chi connectivity index (χ1n) is 7.63. The lowest BCUT2D eigenvalue weighted by Crippen LogP contribution is -1.96. The highest BCUT2D eigenvalue weighted by atomic mass is 15.1. The van der Waals surface area contributed by atoms with Gasteiger partial charge in [-0.25, -0.2) is 9.97 Å². The van der Waals surface area contributed by atoms with Crippen LogP contribution in [-0.2, 0) is 0 Å². The molecule has 0 unspecified atom stereocenters. The van der Waals surface area contributed by atoms with Crippen molar-refractivity contribution in [2.75, 3.05) is 0 Å². The van der Waals surface area contributed by atoms with Gasteiger partial charge in [0.15, 0.2) is 5.65 Å². The second-order valence-electron chi connectivity index (χ2n) is 5.57. The van der Waals surface area contributed by atoms with Crippen LogP contribution in [0.15, 0.2) is 78.9 Å². The fraction of sp³-hybridized carbons (Fsp3) is 0. The number of para-hydroxylation sites is 4. The van der Waals surface area contributed by atoms with Crippen molar-refractivity contribution < 1.29 is 0 Å². The minimum absolute atomic E-state index is 0.899. The first-order valence-corrected chi connectivity index (χ1v) is 7.63. The van der Waals surface area contributed by atoms with Crippen LogP contribution in [0.5, 0.6) is 0 Å². The molecular weight excluding hydrogens is 282 g/mol. The Balaban J connectivity index is 2.03. The van der Waals surface area contributed by atoms with Crippen LogP contribution in [0, 0.1) is 0 Å². The molecule has 0 N–H and O–H groups in total. The van der Waals surface area contributed by atoms with E-state index in [1.807, 2.05) is 48.5 Å². The molecule has 2 aromatic heterocycles. The predicted molar refractivity (Wildman–Crippen MR) is 93.9 cm³/mol. The second-order valence-corrected chi connectivity index (χ2v) is 5.57. The van der Waals surface area contributed by atoms with Crippen LogP contribution in [0.2, 0.25) is 0 Å². The van der Waals surface area contributed by atoms with Crippen LogP contribution in [0.25, 0.3) is 38.8 Å². The van der Waals surface area contributed by atoms with Crippen molar-refractivity contribution in [1.82, 2.24) is 14.5 Å². The van der Waals surface area contributed by atoms with Crippen LogP contribution in [-0.4, -0.2) is 14.5 Å². The summed E-state index contributed by atoms with van der Waals surface area (Å²) in [6, 6.07) is 26.7. The highest BCUT2D eigenvalue weighted by Crippen LogP contribution is 2.30. The molecule has 0 atom stereocenters. The molecule has 0 bridgehead atoms. The first-order chi connectivity index (χ1) is 11.4. The number of rotatable bonds is 1. The SMILES string of the molecule is c1ccc(-n2c3ccccc3c3nc4ccccc4nc32)cc1. The van der Waals surface area contributed by atoms with Crippen molar-refractivity contribution in [3.05, 3.63) is 78.9 Å². The predicted octanol–water partition coefficient (Wildman–Crippen LogP) is 4.73. The lowest BCUT2D eigenvalue weighted by atomic mass is 10.2. The van der Waals surface area contributed by atoms with Crippen LogP contribution < -0.4 is 0 Å². The summed E-state index contributed by atoms with van der Waals surface area (Å²) in [7, 11) is 0. The Morgan fingerprint density at radius 3 is 2.09 bits per heavy atom. The quantitative estimate of drug-likeness (QED) is 0.448. The van der Waals surface area contributed by atoms with Crippen molar-refractivity contribution in [3.63, 3.8) is 0 Å². The molecule has 0 spiro atoms. The zero-order valence-corrected chi connectivity index (χ0v) is 12.3. The molecule has 23 heavy (non-hydrogen) atoms. The van der Waals surface area contributed by atoms with Gasteiger partial charge < -0.3 is 0 Å². The van der Waals surface area contributed by atoms with Gasteiger partial charge in [-0.05, 0) is 30.3 Å². The molecule has 3 nitrogen and oxygen atoms in total. The van der Waals surface area contributed by atoms with Crippen LogP contribution in [0.4, 0.5) is 0 Å². The van der Waals surface area contributed by atoms with Gasteiger partial charge >= 0.3 is 0 Å². The standard InChI is InChI=1S/C20H13N3/c1-2-8-14(9-3-1)23-18-13-7-4-10-15(18)19-20(23)22-17-12-6-5-11-16(17)21-19/h1-13H. The Bertz CT molecular complexity index is 1160. The van der Waals surface area contributed by atoms with E-state index in [1.54, 1.807) is 0 Å². The number of benzene rings is 3. The molecule has 0 aliphatic heterocycles. The molecule has 3 heteroatoms. The van der Waals surface area contributed by atoms with Crippen molar-refractivity contribution in [2.45, 2.75) is 0 Å². The maximum Gasteiger partial charge on any atom is 0.165 e. The molecule has 5 rings (SSSR count). The average Bonchev–Trinajstić information content (AvgIpc) is 2.94. The van der Waals surface area contributed by atoms with Gasteiger partial charge in [0.25, 0.3) is 0 Å². The topological polar surface area (TPSA) is 30.7 Å². The molecule has 0 radical (unpaired) electrons. The summed E-state index contributed by atoms with van der Waals surface area (Å²) in [6.45, 7) is 0. The average molecular weight is 295 g/mol. The molecule has 5 aromatic rings. The Morgan fingerprint density at radius 2 is 1.26 bits per heavy atom.